The second-order valence-corrected chi connectivity index (χ2v) is 5.90. The smallest absolute Gasteiger partial charge is 0.164 e. The Morgan fingerprint density at radius 3 is 2.26 bits per heavy atom. The average Bonchev–Trinajstić information content (AvgIpc) is 2.93. The molecule has 4 rings (SSSR count). The number of aromatic nitrogens is 3. The first-order valence-corrected chi connectivity index (χ1v) is 8.16. The molecular weight excluding hydrogens is 282 g/mol. The van der Waals surface area contributed by atoms with E-state index in [-0.39, 0.29) is 0 Å². The third kappa shape index (κ3) is 2.82. The Bertz CT molecular complexity index is 817. The van der Waals surface area contributed by atoms with Gasteiger partial charge in [0.05, 0.1) is 0 Å². The fourth-order valence-corrected chi connectivity index (χ4v) is 3.14. The Hall–Kier alpha value is -2.68. The van der Waals surface area contributed by atoms with Crippen molar-refractivity contribution in [3.63, 3.8) is 0 Å². The van der Waals surface area contributed by atoms with Crippen molar-refractivity contribution in [2.75, 3.05) is 0 Å². The fraction of sp³-hybridized carbons (Fsp3) is 0.200. The van der Waals surface area contributed by atoms with Crippen LogP contribution < -0.4 is 0 Å². The molecule has 0 saturated heterocycles. The van der Waals surface area contributed by atoms with Gasteiger partial charge < -0.3 is 4.57 Å². The van der Waals surface area contributed by atoms with E-state index in [1.54, 1.807) is 0 Å². The molecule has 1 aromatic heterocycles. The van der Waals surface area contributed by atoms with E-state index in [9.17, 15) is 0 Å². The number of nitrogens with zero attached hydrogens (tertiary/aromatic N) is 3. The van der Waals surface area contributed by atoms with Gasteiger partial charge in [-0.05, 0) is 36.5 Å². The molecule has 2 aromatic carbocycles. The normalized spacial score (nSPS) is 16.1. The summed E-state index contributed by atoms with van der Waals surface area (Å²) in [6.07, 6.45) is 5.66. The number of hydrogen-bond acceptors (Lipinski definition) is 2. The second-order valence-electron chi connectivity index (χ2n) is 5.90. The fourth-order valence-electron chi connectivity index (χ4n) is 3.14. The molecule has 3 nitrogen and oxygen atoms in total. The maximum atomic E-state index is 4.52. The second kappa shape index (κ2) is 6.21. The van der Waals surface area contributed by atoms with Crippen molar-refractivity contribution in [1.29, 1.82) is 0 Å². The molecule has 1 aliphatic heterocycles. The molecule has 0 radical (unpaired) electrons. The lowest BCUT2D eigenvalue weighted by atomic mass is 10.1. The van der Waals surface area contributed by atoms with E-state index in [4.69, 9.17) is 0 Å². The average molecular weight is 301 g/mol. The summed E-state index contributed by atoms with van der Waals surface area (Å²) in [4.78, 5) is 0. The van der Waals surface area contributed by atoms with Gasteiger partial charge in [-0.1, -0.05) is 60.7 Å². The molecule has 0 fully saturated rings. The molecule has 0 unspecified atom stereocenters. The quantitative estimate of drug-likeness (QED) is 0.688. The summed E-state index contributed by atoms with van der Waals surface area (Å²) in [5, 5.41) is 8.99. The molecule has 3 aromatic rings. The summed E-state index contributed by atoms with van der Waals surface area (Å²) in [6.45, 7) is 0.985. The molecule has 1 aliphatic rings. The molecule has 0 saturated carbocycles. The van der Waals surface area contributed by atoms with Gasteiger partial charge in [-0.15, -0.1) is 10.2 Å². The van der Waals surface area contributed by atoms with Crippen molar-refractivity contribution < 1.29 is 0 Å². The van der Waals surface area contributed by atoms with Crippen LogP contribution in [0.5, 0.6) is 0 Å². The van der Waals surface area contributed by atoms with Gasteiger partial charge in [-0.25, -0.2) is 0 Å². The highest BCUT2D eigenvalue weighted by Crippen LogP contribution is 2.30. The topological polar surface area (TPSA) is 30.7 Å². The third-order valence-corrected chi connectivity index (χ3v) is 4.29. The molecular formula is C20H19N3. The van der Waals surface area contributed by atoms with E-state index in [2.05, 4.69) is 57.2 Å². The van der Waals surface area contributed by atoms with Crippen LogP contribution in [0.3, 0.4) is 0 Å². The molecule has 0 spiro atoms. The molecule has 3 heteroatoms. The molecule has 0 N–H and O–H groups in total. The Labute approximate surface area is 136 Å². The molecule has 0 atom stereocenters. The van der Waals surface area contributed by atoms with Crippen molar-refractivity contribution in [3.05, 3.63) is 72.1 Å². The van der Waals surface area contributed by atoms with E-state index < -0.39 is 0 Å². The van der Waals surface area contributed by atoms with Gasteiger partial charge in [0, 0.05) is 12.1 Å². The van der Waals surface area contributed by atoms with Crippen molar-refractivity contribution >= 4 is 11.6 Å². The highest BCUT2D eigenvalue weighted by atomic mass is 15.3. The van der Waals surface area contributed by atoms with Gasteiger partial charge >= 0.3 is 0 Å². The molecule has 0 aliphatic carbocycles. The number of hydrogen-bond donors (Lipinski definition) is 0. The summed E-state index contributed by atoms with van der Waals surface area (Å²) in [5.41, 5.74) is 3.64. The molecule has 0 bridgehead atoms. The van der Waals surface area contributed by atoms with Crippen molar-refractivity contribution in [1.82, 2.24) is 14.8 Å². The third-order valence-electron chi connectivity index (χ3n) is 4.29. The zero-order chi connectivity index (χ0) is 15.5. The SMILES string of the molecule is C(=C1CCCCn2c1nnc2-c1ccccc1)c1ccccc1. The Kier molecular flexibility index (Phi) is 3.76. The maximum Gasteiger partial charge on any atom is 0.164 e. The van der Waals surface area contributed by atoms with E-state index in [0.717, 1.165) is 36.6 Å². The minimum absolute atomic E-state index is 0.974. The lowest BCUT2D eigenvalue weighted by molar-refractivity contribution is 0.639. The van der Waals surface area contributed by atoms with Crippen molar-refractivity contribution in [3.8, 4) is 11.4 Å². The summed E-state index contributed by atoms with van der Waals surface area (Å²) in [5.74, 6) is 1.99. The lowest BCUT2D eigenvalue weighted by Crippen LogP contribution is -2.02. The van der Waals surface area contributed by atoms with E-state index in [1.165, 1.54) is 17.6 Å². The van der Waals surface area contributed by atoms with Gasteiger partial charge in [0.2, 0.25) is 0 Å². The first-order valence-electron chi connectivity index (χ1n) is 8.16. The number of allylic oxidation sites excluding steroid dienone is 1. The van der Waals surface area contributed by atoms with Crippen LogP contribution in [0.15, 0.2) is 60.7 Å². The van der Waals surface area contributed by atoms with Gasteiger partial charge in [0.15, 0.2) is 11.6 Å². The van der Waals surface area contributed by atoms with Gasteiger partial charge in [-0.3, -0.25) is 0 Å². The van der Waals surface area contributed by atoms with Crippen LogP contribution in [0.4, 0.5) is 0 Å². The standard InChI is InChI=1S/C20H19N3/c1-3-9-16(10-4-1)15-18-13-7-8-14-23-19(21-22-20(18)23)17-11-5-2-6-12-17/h1-6,9-12,15H,7-8,13-14H2. The van der Waals surface area contributed by atoms with Gasteiger partial charge in [0.1, 0.15) is 0 Å². The predicted molar refractivity (Wildman–Crippen MR) is 93.6 cm³/mol. The monoisotopic (exact) mass is 301 g/mol. The van der Waals surface area contributed by atoms with Crippen LogP contribution in [0.1, 0.15) is 30.7 Å². The molecule has 114 valence electrons. The zero-order valence-electron chi connectivity index (χ0n) is 13.0. The first kappa shape index (κ1) is 13.9. The van der Waals surface area contributed by atoms with Gasteiger partial charge in [-0.2, -0.15) is 0 Å². The van der Waals surface area contributed by atoms with Crippen molar-refractivity contribution in [2.45, 2.75) is 25.8 Å². The van der Waals surface area contributed by atoms with Gasteiger partial charge in [0.25, 0.3) is 0 Å². The van der Waals surface area contributed by atoms with Crippen LogP contribution in [0.25, 0.3) is 23.0 Å². The van der Waals surface area contributed by atoms with Crippen LogP contribution in [-0.4, -0.2) is 14.8 Å². The minimum Gasteiger partial charge on any atom is -0.307 e. The highest BCUT2D eigenvalue weighted by molar-refractivity contribution is 5.79. The van der Waals surface area contributed by atoms with E-state index >= 15 is 0 Å². The highest BCUT2D eigenvalue weighted by Gasteiger charge is 2.19. The Morgan fingerprint density at radius 1 is 0.783 bits per heavy atom. The Balaban J connectivity index is 1.80. The van der Waals surface area contributed by atoms with Crippen LogP contribution in [0, 0.1) is 0 Å². The maximum absolute atomic E-state index is 4.52. The number of fused-ring (bicyclic) bond motifs is 1. The van der Waals surface area contributed by atoms with E-state index in [1.807, 2.05) is 24.3 Å². The number of benzene rings is 2. The predicted octanol–water partition coefficient (Wildman–Crippen LogP) is 4.67. The first-order chi connectivity index (χ1) is 11.4. The van der Waals surface area contributed by atoms with Crippen LogP contribution >= 0.6 is 0 Å². The summed E-state index contributed by atoms with van der Waals surface area (Å²) in [6, 6.07) is 20.8. The summed E-state index contributed by atoms with van der Waals surface area (Å²) < 4.78 is 2.27. The lowest BCUT2D eigenvalue weighted by Gasteiger charge is -2.08. The summed E-state index contributed by atoms with van der Waals surface area (Å²) >= 11 is 0. The zero-order valence-corrected chi connectivity index (χ0v) is 13.0. The number of rotatable bonds is 2. The molecule has 2 heterocycles. The van der Waals surface area contributed by atoms with Crippen molar-refractivity contribution in [2.24, 2.45) is 0 Å². The van der Waals surface area contributed by atoms with Crippen LogP contribution in [-0.2, 0) is 6.54 Å². The minimum atomic E-state index is 0.974. The molecule has 23 heavy (non-hydrogen) atoms. The largest absolute Gasteiger partial charge is 0.307 e. The van der Waals surface area contributed by atoms with E-state index in [0.29, 0.717) is 0 Å². The van der Waals surface area contributed by atoms with Crippen LogP contribution in [0.2, 0.25) is 0 Å². The Morgan fingerprint density at radius 2 is 1.48 bits per heavy atom. The molecule has 0 amide bonds. The summed E-state index contributed by atoms with van der Waals surface area (Å²) in [7, 11) is 0.